The Morgan fingerprint density at radius 1 is 1.19 bits per heavy atom. The molecule has 16 heavy (non-hydrogen) atoms. The van der Waals surface area contributed by atoms with E-state index in [4.69, 9.17) is 0 Å². The molecule has 0 heterocycles. The zero-order valence-corrected chi connectivity index (χ0v) is 10.6. The molecule has 0 aromatic heterocycles. The number of halogens is 1. The molecular formula is C12H17FO2S. The molecule has 0 aliphatic rings. The fraction of sp³-hybridized carbons (Fsp3) is 0.500. The minimum absolute atomic E-state index is 0.0164. The van der Waals surface area contributed by atoms with Gasteiger partial charge in [0, 0.05) is 0 Å². The zero-order chi connectivity index (χ0) is 12.4. The maximum Gasteiger partial charge on any atom is 0.181 e. The van der Waals surface area contributed by atoms with Crippen LogP contribution in [0, 0.1) is 11.2 Å². The predicted molar refractivity (Wildman–Crippen MR) is 62.5 cm³/mol. The highest BCUT2D eigenvalue weighted by molar-refractivity contribution is 7.91. The lowest BCUT2D eigenvalue weighted by Gasteiger charge is -2.17. The van der Waals surface area contributed by atoms with E-state index in [2.05, 4.69) is 0 Å². The molecule has 0 aliphatic carbocycles. The largest absolute Gasteiger partial charge is 0.224 e. The second-order valence-corrected chi connectivity index (χ2v) is 7.14. The lowest BCUT2D eigenvalue weighted by molar-refractivity contribution is 0.397. The lowest BCUT2D eigenvalue weighted by Crippen LogP contribution is -2.15. The lowest BCUT2D eigenvalue weighted by atomic mass is 9.94. The Balaban J connectivity index is 2.92. The maximum absolute atomic E-state index is 13.3. The van der Waals surface area contributed by atoms with E-state index in [0.29, 0.717) is 6.42 Å². The van der Waals surface area contributed by atoms with Crippen LogP contribution in [0.1, 0.15) is 27.2 Å². The summed E-state index contributed by atoms with van der Waals surface area (Å²) in [6.07, 6.45) is 0.518. The average molecular weight is 244 g/mol. The SMILES string of the molecule is CC(C)(C)CCS(=O)(=O)c1ccccc1F. The van der Waals surface area contributed by atoms with E-state index in [0.717, 1.165) is 0 Å². The average Bonchev–Trinajstić information content (AvgIpc) is 2.14. The van der Waals surface area contributed by atoms with Gasteiger partial charge in [0.2, 0.25) is 0 Å². The molecule has 0 aliphatic heterocycles. The highest BCUT2D eigenvalue weighted by atomic mass is 32.2. The van der Waals surface area contributed by atoms with Crippen molar-refractivity contribution in [3.05, 3.63) is 30.1 Å². The van der Waals surface area contributed by atoms with Crippen molar-refractivity contribution in [2.45, 2.75) is 32.1 Å². The summed E-state index contributed by atoms with van der Waals surface area (Å²) in [5.74, 6) is -0.686. The third kappa shape index (κ3) is 3.59. The third-order valence-electron chi connectivity index (χ3n) is 2.29. The molecular weight excluding hydrogens is 227 g/mol. The van der Waals surface area contributed by atoms with E-state index in [9.17, 15) is 12.8 Å². The normalized spacial score (nSPS) is 12.8. The molecule has 1 rings (SSSR count). The standard InChI is InChI=1S/C12H17FO2S/c1-12(2,3)8-9-16(14,15)11-7-5-4-6-10(11)13/h4-7H,8-9H2,1-3H3. The van der Waals surface area contributed by atoms with Crippen molar-refractivity contribution in [1.82, 2.24) is 0 Å². The second kappa shape index (κ2) is 4.53. The van der Waals surface area contributed by atoms with Gasteiger partial charge in [-0.25, -0.2) is 12.8 Å². The van der Waals surface area contributed by atoms with Crippen molar-refractivity contribution in [3.8, 4) is 0 Å². The summed E-state index contributed by atoms with van der Waals surface area (Å²) < 4.78 is 37.0. The Morgan fingerprint density at radius 2 is 1.75 bits per heavy atom. The Morgan fingerprint density at radius 3 is 2.25 bits per heavy atom. The summed E-state index contributed by atoms with van der Waals surface area (Å²) in [7, 11) is -3.50. The molecule has 0 bridgehead atoms. The van der Waals surface area contributed by atoms with E-state index in [1.54, 1.807) is 0 Å². The molecule has 4 heteroatoms. The van der Waals surface area contributed by atoms with Gasteiger partial charge in [0.05, 0.1) is 5.75 Å². The van der Waals surface area contributed by atoms with Crippen LogP contribution < -0.4 is 0 Å². The summed E-state index contributed by atoms with van der Waals surface area (Å²) in [5.41, 5.74) is -0.0711. The number of sulfone groups is 1. The molecule has 0 fully saturated rings. The van der Waals surface area contributed by atoms with Gasteiger partial charge in [-0.2, -0.15) is 0 Å². The quantitative estimate of drug-likeness (QED) is 0.819. The first kappa shape index (κ1) is 13.2. The Hall–Kier alpha value is -0.900. The van der Waals surface area contributed by atoms with E-state index in [1.807, 2.05) is 20.8 Å². The van der Waals surface area contributed by atoms with Crippen LogP contribution in [0.3, 0.4) is 0 Å². The topological polar surface area (TPSA) is 34.1 Å². The molecule has 0 unspecified atom stereocenters. The Labute approximate surface area is 96.4 Å². The smallest absolute Gasteiger partial charge is 0.181 e. The molecule has 1 aromatic rings. The third-order valence-corrected chi connectivity index (χ3v) is 4.04. The van der Waals surface area contributed by atoms with Crippen LogP contribution in [0.25, 0.3) is 0 Å². The summed E-state index contributed by atoms with van der Waals surface area (Å²) in [4.78, 5) is -0.195. The minimum Gasteiger partial charge on any atom is -0.224 e. The zero-order valence-electron chi connectivity index (χ0n) is 9.83. The first-order valence-electron chi connectivity index (χ1n) is 5.20. The number of hydrogen-bond donors (Lipinski definition) is 0. The number of rotatable bonds is 3. The molecule has 0 radical (unpaired) electrons. The summed E-state index contributed by atoms with van der Waals surface area (Å²) >= 11 is 0. The molecule has 0 spiro atoms. The van der Waals surface area contributed by atoms with Crippen LogP contribution in [0.5, 0.6) is 0 Å². The van der Waals surface area contributed by atoms with Crippen LogP contribution in [-0.4, -0.2) is 14.2 Å². The first-order valence-corrected chi connectivity index (χ1v) is 6.85. The highest BCUT2D eigenvalue weighted by Crippen LogP contribution is 2.23. The van der Waals surface area contributed by atoms with Gasteiger partial charge < -0.3 is 0 Å². The van der Waals surface area contributed by atoms with Crippen LogP contribution in [0.15, 0.2) is 29.2 Å². The van der Waals surface area contributed by atoms with Gasteiger partial charge in [0.15, 0.2) is 9.84 Å². The maximum atomic E-state index is 13.3. The Bertz CT molecular complexity index is 458. The fourth-order valence-electron chi connectivity index (χ4n) is 1.25. The number of benzene rings is 1. The van der Waals surface area contributed by atoms with Crippen molar-refractivity contribution in [1.29, 1.82) is 0 Å². The Kier molecular flexibility index (Phi) is 3.73. The molecule has 1 aromatic carbocycles. The molecule has 0 N–H and O–H groups in total. The van der Waals surface area contributed by atoms with Gasteiger partial charge in [-0.15, -0.1) is 0 Å². The van der Waals surface area contributed by atoms with E-state index < -0.39 is 15.7 Å². The highest BCUT2D eigenvalue weighted by Gasteiger charge is 2.21. The predicted octanol–water partition coefficient (Wildman–Crippen LogP) is 3.04. The molecule has 2 nitrogen and oxygen atoms in total. The van der Waals surface area contributed by atoms with Crippen LogP contribution >= 0.6 is 0 Å². The minimum atomic E-state index is -3.50. The molecule has 90 valence electrons. The van der Waals surface area contributed by atoms with E-state index in [1.165, 1.54) is 24.3 Å². The van der Waals surface area contributed by atoms with Gasteiger partial charge in [-0.05, 0) is 24.0 Å². The van der Waals surface area contributed by atoms with Gasteiger partial charge in [0.25, 0.3) is 0 Å². The van der Waals surface area contributed by atoms with Crippen molar-refractivity contribution in [2.75, 3.05) is 5.75 Å². The first-order chi connectivity index (χ1) is 7.22. The van der Waals surface area contributed by atoms with Crippen LogP contribution in [-0.2, 0) is 9.84 Å². The van der Waals surface area contributed by atoms with Crippen molar-refractivity contribution in [2.24, 2.45) is 5.41 Å². The summed E-state index contributed by atoms with van der Waals surface area (Å²) in [5, 5.41) is 0. The van der Waals surface area contributed by atoms with Crippen molar-refractivity contribution >= 4 is 9.84 Å². The van der Waals surface area contributed by atoms with Gasteiger partial charge in [-0.1, -0.05) is 32.9 Å². The summed E-state index contributed by atoms with van der Waals surface area (Å²) in [6.45, 7) is 5.89. The van der Waals surface area contributed by atoms with Crippen LogP contribution in [0.4, 0.5) is 4.39 Å². The molecule has 0 amide bonds. The fourth-order valence-corrected chi connectivity index (χ4v) is 3.00. The van der Waals surface area contributed by atoms with E-state index >= 15 is 0 Å². The monoisotopic (exact) mass is 244 g/mol. The van der Waals surface area contributed by atoms with Crippen molar-refractivity contribution < 1.29 is 12.8 Å². The summed E-state index contributed by atoms with van der Waals surface area (Å²) in [6, 6.07) is 5.50. The molecule has 0 atom stereocenters. The second-order valence-electron chi connectivity index (χ2n) is 5.06. The van der Waals surface area contributed by atoms with Gasteiger partial charge in [0.1, 0.15) is 10.7 Å². The molecule has 0 saturated carbocycles. The molecule has 0 saturated heterocycles. The van der Waals surface area contributed by atoms with Gasteiger partial charge in [-0.3, -0.25) is 0 Å². The van der Waals surface area contributed by atoms with Gasteiger partial charge >= 0.3 is 0 Å². The van der Waals surface area contributed by atoms with Crippen molar-refractivity contribution in [3.63, 3.8) is 0 Å². The number of hydrogen-bond acceptors (Lipinski definition) is 2. The van der Waals surface area contributed by atoms with Crippen LogP contribution in [0.2, 0.25) is 0 Å². The van der Waals surface area contributed by atoms with E-state index in [-0.39, 0.29) is 16.1 Å².